The number of amides is 1. The van der Waals surface area contributed by atoms with Gasteiger partial charge in [0.2, 0.25) is 0 Å². The third kappa shape index (κ3) is 3.31. The van der Waals surface area contributed by atoms with Crippen molar-refractivity contribution in [3.63, 3.8) is 0 Å². The number of carbonyl (C=O) groups excluding carboxylic acids is 1. The highest BCUT2D eigenvalue weighted by Gasteiger charge is 2.20. The molecule has 5 nitrogen and oxygen atoms in total. The molecule has 3 aromatic rings. The van der Waals surface area contributed by atoms with Crippen LogP contribution in [0.4, 0.5) is 5.69 Å². The number of hydrogen-bond donors (Lipinski definition) is 1. The SMILES string of the molecule is CCCc1c(C(=O)Nc2ccccc2Cl)nnn1-c1ccccc1. The Hall–Kier alpha value is -2.66. The van der Waals surface area contributed by atoms with E-state index in [0.717, 1.165) is 17.8 Å². The molecular formula is C18H17ClN4O. The minimum atomic E-state index is -0.311. The zero-order valence-corrected chi connectivity index (χ0v) is 14.0. The van der Waals surface area contributed by atoms with Gasteiger partial charge in [-0.05, 0) is 30.7 Å². The fourth-order valence-electron chi connectivity index (χ4n) is 2.46. The number of aromatic nitrogens is 3. The van der Waals surface area contributed by atoms with Crippen LogP contribution >= 0.6 is 11.6 Å². The lowest BCUT2D eigenvalue weighted by molar-refractivity contribution is 0.102. The molecule has 0 saturated heterocycles. The Morgan fingerprint density at radius 2 is 1.83 bits per heavy atom. The molecule has 0 fully saturated rings. The molecule has 1 N–H and O–H groups in total. The number of para-hydroxylation sites is 2. The highest BCUT2D eigenvalue weighted by molar-refractivity contribution is 6.33. The summed E-state index contributed by atoms with van der Waals surface area (Å²) in [5, 5.41) is 11.5. The van der Waals surface area contributed by atoms with Gasteiger partial charge < -0.3 is 5.32 Å². The molecule has 0 atom stereocenters. The Morgan fingerprint density at radius 1 is 1.12 bits per heavy atom. The van der Waals surface area contributed by atoms with Crippen molar-refractivity contribution in [2.45, 2.75) is 19.8 Å². The fraction of sp³-hybridized carbons (Fsp3) is 0.167. The smallest absolute Gasteiger partial charge is 0.278 e. The van der Waals surface area contributed by atoms with E-state index < -0.39 is 0 Å². The molecule has 2 aromatic carbocycles. The molecule has 0 saturated carbocycles. The van der Waals surface area contributed by atoms with Gasteiger partial charge >= 0.3 is 0 Å². The first-order valence-electron chi connectivity index (χ1n) is 7.76. The molecular weight excluding hydrogens is 324 g/mol. The Kier molecular flexibility index (Phi) is 4.91. The van der Waals surface area contributed by atoms with Crippen LogP contribution in [0, 0.1) is 0 Å². The van der Waals surface area contributed by atoms with E-state index in [1.807, 2.05) is 42.5 Å². The molecule has 1 aromatic heterocycles. The van der Waals surface area contributed by atoms with Gasteiger partial charge in [0, 0.05) is 0 Å². The highest BCUT2D eigenvalue weighted by atomic mass is 35.5. The number of nitrogens with zero attached hydrogens (tertiary/aromatic N) is 3. The van der Waals surface area contributed by atoms with Crippen LogP contribution in [0.2, 0.25) is 5.02 Å². The van der Waals surface area contributed by atoms with Crippen molar-refractivity contribution in [1.29, 1.82) is 0 Å². The van der Waals surface area contributed by atoms with Crippen molar-refractivity contribution in [1.82, 2.24) is 15.0 Å². The number of nitrogens with one attached hydrogen (secondary N) is 1. The molecule has 0 aliphatic rings. The monoisotopic (exact) mass is 340 g/mol. The van der Waals surface area contributed by atoms with Crippen LogP contribution in [-0.4, -0.2) is 20.9 Å². The van der Waals surface area contributed by atoms with Crippen LogP contribution in [0.25, 0.3) is 5.69 Å². The standard InChI is InChI=1S/C18H17ClN4O/c1-2-8-16-17(18(24)20-15-12-7-6-11-14(15)19)21-22-23(16)13-9-4-3-5-10-13/h3-7,9-12H,2,8H2,1H3,(H,20,24). The van der Waals surface area contributed by atoms with Crippen LogP contribution in [0.1, 0.15) is 29.5 Å². The number of benzene rings is 2. The zero-order valence-electron chi connectivity index (χ0n) is 13.2. The molecule has 3 rings (SSSR count). The maximum atomic E-state index is 12.6. The summed E-state index contributed by atoms with van der Waals surface area (Å²) in [6, 6.07) is 16.8. The van der Waals surface area contributed by atoms with Gasteiger partial charge in [-0.1, -0.05) is 60.5 Å². The zero-order chi connectivity index (χ0) is 16.9. The molecule has 0 bridgehead atoms. The predicted molar refractivity (Wildman–Crippen MR) is 94.8 cm³/mol. The summed E-state index contributed by atoms with van der Waals surface area (Å²) in [4.78, 5) is 12.6. The van der Waals surface area contributed by atoms with Gasteiger partial charge in [-0.3, -0.25) is 4.79 Å². The second-order valence-corrected chi connectivity index (χ2v) is 5.72. The lowest BCUT2D eigenvalue weighted by Crippen LogP contribution is -2.15. The topological polar surface area (TPSA) is 59.8 Å². The van der Waals surface area contributed by atoms with E-state index in [4.69, 9.17) is 11.6 Å². The summed E-state index contributed by atoms with van der Waals surface area (Å²) in [6.45, 7) is 2.05. The number of hydrogen-bond acceptors (Lipinski definition) is 3. The van der Waals surface area contributed by atoms with Gasteiger partial charge in [-0.15, -0.1) is 5.10 Å². The average molecular weight is 341 g/mol. The minimum Gasteiger partial charge on any atom is -0.319 e. The lowest BCUT2D eigenvalue weighted by atomic mass is 10.2. The van der Waals surface area contributed by atoms with Crippen LogP contribution < -0.4 is 5.32 Å². The molecule has 0 unspecified atom stereocenters. The first-order valence-corrected chi connectivity index (χ1v) is 8.14. The Balaban J connectivity index is 1.94. The normalized spacial score (nSPS) is 10.6. The minimum absolute atomic E-state index is 0.311. The van der Waals surface area contributed by atoms with Crippen molar-refractivity contribution in [3.8, 4) is 5.69 Å². The maximum absolute atomic E-state index is 12.6. The Labute approximate surface area is 145 Å². The Morgan fingerprint density at radius 3 is 2.54 bits per heavy atom. The molecule has 0 spiro atoms. The molecule has 0 aliphatic carbocycles. The third-order valence-electron chi connectivity index (χ3n) is 3.59. The molecule has 0 aliphatic heterocycles. The van der Waals surface area contributed by atoms with Gasteiger partial charge in [0.25, 0.3) is 5.91 Å². The number of carbonyl (C=O) groups is 1. The van der Waals surface area contributed by atoms with Gasteiger partial charge in [-0.2, -0.15) is 0 Å². The van der Waals surface area contributed by atoms with Gasteiger partial charge in [0.05, 0.1) is 22.1 Å². The maximum Gasteiger partial charge on any atom is 0.278 e. The van der Waals surface area contributed by atoms with E-state index in [1.54, 1.807) is 16.8 Å². The fourth-order valence-corrected chi connectivity index (χ4v) is 2.64. The quantitative estimate of drug-likeness (QED) is 0.759. The number of halogens is 1. The molecule has 24 heavy (non-hydrogen) atoms. The summed E-state index contributed by atoms with van der Waals surface area (Å²) in [7, 11) is 0. The molecule has 122 valence electrons. The Bertz CT molecular complexity index is 845. The number of anilines is 1. The second-order valence-electron chi connectivity index (χ2n) is 5.32. The van der Waals surface area contributed by atoms with Gasteiger partial charge in [-0.25, -0.2) is 4.68 Å². The van der Waals surface area contributed by atoms with Crippen molar-refractivity contribution in [2.24, 2.45) is 0 Å². The molecule has 1 amide bonds. The largest absolute Gasteiger partial charge is 0.319 e. The van der Waals surface area contributed by atoms with Crippen LogP contribution in [-0.2, 0) is 6.42 Å². The van der Waals surface area contributed by atoms with Crippen molar-refractivity contribution in [2.75, 3.05) is 5.32 Å². The van der Waals surface area contributed by atoms with E-state index in [2.05, 4.69) is 22.6 Å². The lowest BCUT2D eigenvalue weighted by Gasteiger charge is -2.08. The van der Waals surface area contributed by atoms with Crippen molar-refractivity contribution < 1.29 is 4.79 Å². The number of rotatable bonds is 5. The average Bonchev–Trinajstić information content (AvgIpc) is 3.02. The van der Waals surface area contributed by atoms with E-state index in [1.165, 1.54) is 0 Å². The molecule has 6 heteroatoms. The van der Waals surface area contributed by atoms with E-state index in [0.29, 0.717) is 22.8 Å². The third-order valence-corrected chi connectivity index (χ3v) is 3.92. The van der Waals surface area contributed by atoms with Crippen molar-refractivity contribution in [3.05, 3.63) is 71.0 Å². The molecule has 1 heterocycles. The van der Waals surface area contributed by atoms with Gasteiger partial charge in [0.15, 0.2) is 5.69 Å². The predicted octanol–water partition coefficient (Wildman–Crippen LogP) is 4.13. The summed E-state index contributed by atoms with van der Waals surface area (Å²) < 4.78 is 1.71. The summed E-state index contributed by atoms with van der Waals surface area (Å²) in [5.74, 6) is -0.311. The summed E-state index contributed by atoms with van der Waals surface area (Å²) in [5.41, 5.74) is 2.54. The van der Waals surface area contributed by atoms with E-state index in [9.17, 15) is 4.79 Å². The van der Waals surface area contributed by atoms with Crippen LogP contribution in [0.15, 0.2) is 54.6 Å². The van der Waals surface area contributed by atoms with Crippen LogP contribution in [0.5, 0.6) is 0 Å². The second kappa shape index (κ2) is 7.27. The summed E-state index contributed by atoms with van der Waals surface area (Å²) in [6.07, 6.45) is 1.58. The highest BCUT2D eigenvalue weighted by Crippen LogP contribution is 2.22. The van der Waals surface area contributed by atoms with E-state index in [-0.39, 0.29) is 5.91 Å². The van der Waals surface area contributed by atoms with Crippen LogP contribution in [0.3, 0.4) is 0 Å². The first kappa shape index (κ1) is 16.2. The van der Waals surface area contributed by atoms with Crippen molar-refractivity contribution >= 4 is 23.2 Å². The van der Waals surface area contributed by atoms with E-state index >= 15 is 0 Å². The van der Waals surface area contributed by atoms with Gasteiger partial charge in [0.1, 0.15) is 0 Å². The first-order chi connectivity index (χ1) is 11.7. The molecule has 0 radical (unpaired) electrons. The summed E-state index contributed by atoms with van der Waals surface area (Å²) >= 11 is 6.10.